The Kier molecular flexibility index (Phi) is 3.85. The molecule has 0 amide bonds. The first kappa shape index (κ1) is 14.3. The van der Waals surface area contributed by atoms with E-state index < -0.39 is 4.92 Å². The molecule has 1 heterocycles. The van der Waals surface area contributed by atoms with Crippen LogP contribution in [0.5, 0.6) is 0 Å². The van der Waals surface area contributed by atoms with Crippen LogP contribution in [0.25, 0.3) is 0 Å². The van der Waals surface area contributed by atoms with Gasteiger partial charge in [-0.05, 0) is 34.3 Å². The molecule has 0 spiro atoms. The Morgan fingerprint density at radius 2 is 2.29 bits per heavy atom. The van der Waals surface area contributed by atoms with Gasteiger partial charge in [-0.25, -0.2) is 9.89 Å². The Morgan fingerprint density at radius 1 is 1.52 bits per heavy atom. The molecule has 0 bridgehead atoms. The molecule has 0 aliphatic heterocycles. The van der Waals surface area contributed by atoms with Crippen LogP contribution in [-0.2, 0) is 5.75 Å². The lowest BCUT2D eigenvalue weighted by Crippen LogP contribution is -2.16. The lowest BCUT2D eigenvalue weighted by Gasteiger charge is -2.05. The highest BCUT2D eigenvalue weighted by atomic mass is 79.9. The van der Waals surface area contributed by atoms with Crippen molar-refractivity contribution in [3.63, 3.8) is 0 Å². The van der Waals surface area contributed by atoms with E-state index in [0.29, 0.717) is 15.4 Å². The van der Waals surface area contributed by atoms with Crippen molar-refractivity contribution >= 4 is 33.4 Å². The minimum absolute atomic E-state index is 0.0368. The number of aromatic amines is 1. The number of nitro groups is 1. The normalized spacial score (nSPS) is 14.3. The molecule has 2 aromatic rings. The molecule has 1 N–H and O–H groups in total. The topological polar surface area (TPSA) is 93.8 Å². The van der Waals surface area contributed by atoms with Crippen LogP contribution in [0.2, 0.25) is 0 Å². The van der Waals surface area contributed by atoms with E-state index in [1.54, 1.807) is 10.6 Å². The molecule has 1 aliphatic carbocycles. The van der Waals surface area contributed by atoms with Crippen molar-refractivity contribution in [1.29, 1.82) is 0 Å². The number of aromatic nitrogens is 3. The number of hydrogen-bond donors (Lipinski definition) is 1. The van der Waals surface area contributed by atoms with Crippen LogP contribution in [0, 0.1) is 10.1 Å². The van der Waals surface area contributed by atoms with Gasteiger partial charge < -0.3 is 0 Å². The maximum Gasteiger partial charge on any atom is 0.344 e. The van der Waals surface area contributed by atoms with Crippen LogP contribution in [-0.4, -0.2) is 19.7 Å². The molecular weight excluding hydrogens is 360 g/mol. The van der Waals surface area contributed by atoms with E-state index in [1.165, 1.54) is 17.8 Å². The molecule has 21 heavy (non-hydrogen) atoms. The van der Waals surface area contributed by atoms with Crippen molar-refractivity contribution in [1.82, 2.24) is 14.8 Å². The Balaban J connectivity index is 1.81. The maximum absolute atomic E-state index is 11.7. The smallest absolute Gasteiger partial charge is 0.267 e. The minimum atomic E-state index is -0.424. The van der Waals surface area contributed by atoms with E-state index in [-0.39, 0.29) is 17.4 Å². The molecule has 0 unspecified atom stereocenters. The van der Waals surface area contributed by atoms with E-state index in [4.69, 9.17) is 0 Å². The summed E-state index contributed by atoms with van der Waals surface area (Å²) in [6, 6.07) is 5.16. The second-order valence-electron chi connectivity index (χ2n) is 4.71. The van der Waals surface area contributed by atoms with Crippen LogP contribution in [0.4, 0.5) is 5.69 Å². The zero-order valence-electron chi connectivity index (χ0n) is 10.8. The average molecular weight is 371 g/mol. The molecule has 7 nitrogen and oxygen atoms in total. The van der Waals surface area contributed by atoms with Crippen molar-refractivity contribution in [2.24, 2.45) is 0 Å². The second kappa shape index (κ2) is 5.64. The molecule has 9 heteroatoms. The lowest BCUT2D eigenvalue weighted by molar-refractivity contribution is -0.385. The summed E-state index contributed by atoms with van der Waals surface area (Å²) in [5, 5.41) is 18.0. The Labute approximate surface area is 132 Å². The lowest BCUT2D eigenvalue weighted by atomic mass is 10.2. The van der Waals surface area contributed by atoms with Gasteiger partial charge in [-0.15, -0.1) is 5.10 Å². The number of rotatable bonds is 5. The molecule has 3 rings (SSSR count). The monoisotopic (exact) mass is 370 g/mol. The van der Waals surface area contributed by atoms with Gasteiger partial charge in [0.1, 0.15) is 0 Å². The third-order valence-electron chi connectivity index (χ3n) is 3.20. The van der Waals surface area contributed by atoms with Gasteiger partial charge in [0.25, 0.3) is 5.69 Å². The van der Waals surface area contributed by atoms with Crippen LogP contribution >= 0.6 is 27.7 Å². The van der Waals surface area contributed by atoms with Gasteiger partial charge in [0.2, 0.25) is 0 Å². The zero-order chi connectivity index (χ0) is 15.0. The van der Waals surface area contributed by atoms with Crippen LogP contribution in [0.15, 0.2) is 32.6 Å². The SMILES string of the molecule is O=c1[nH]nc(SCc2cccc([N+](=O)[O-])c2Br)n1C1CC1. The van der Waals surface area contributed by atoms with Crippen LogP contribution < -0.4 is 5.69 Å². The summed E-state index contributed by atoms with van der Waals surface area (Å²) in [5.41, 5.74) is 0.639. The summed E-state index contributed by atoms with van der Waals surface area (Å²) in [5.74, 6) is 0.499. The van der Waals surface area contributed by atoms with Gasteiger partial charge in [-0.3, -0.25) is 14.7 Å². The van der Waals surface area contributed by atoms with Crippen molar-refractivity contribution in [3.05, 3.63) is 48.8 Å². The molecule has 0 radical (unpaired) electrons. The fourth-order valence-corrected chi connectivity index (χ4v) is 3.75. The van der Waals surface area contributed by atoms with Gasteiger partial charge in [-0.1, -0.05) is 23.9 Å². The molecule has 1 fully saturated rings. The Bertz CT molecular complexity index is 753. The van der Waals surface area contributed by atoms with Gasteiger partial charge in [0.05, 0.1) is 9.40 Å². The maximum atomic E-state index is 11.7. The number of benzene rings is 1. The van der Waals surface area contributed by atoms with E-state index in [0.717, 1.165) is 18.4 Å². The highest BCUT2D eigenvalue weighted by molar-refractivity contribution is 9.10. The summed E-state index contributed by atoms with van der Waals surface area (Å²) >= 11 is 4.66. The van der Waals surface area contributed by atoms with Crippen molar-refractivity contribution in [3.8, 4) is 0 Å². The fraction of sp³-hybridized carbons (Fsp3) is 0.333. The predicted molar refractivity (Wildman–Crippen MR) is 81.5 cm³/mol. The highest BCUT2D eigenvalue weighted by Crippen LogP contribution is 2.37. The molecular formula is C12H11BrN4O3S. The van der Waals surface area contributed by atoms with E-state index >= 15 is 0 Å². The Morgan fingerprint density at radius 3 is 2.95 bits per heavy atom. The van der Waals surface area contributed by atoms with E-state index in [1.807, 2.05) is 6.07 Å². The number of thioether (sulfide) groups is 1. The number of H-pyrrole nitrogens is 1. The third-order valence-corrected chi connectivity index (χ3v) is 5.11. The largest absolute Gasteiger partial charge is 0.344 e. The zero-order valence-corrected chi connectivity index (χ0v) is 13.2. The summed E-state index contributed by atoms with van der Waals surface area (Å²) in [6.45, 7) is 0. The summed E-state index contributed by atoms with van der Waals surface area (Å²) in [7, 11) is 0. The van der Waals surface area contributed by atoms with Gasteiger partial charge in [0.15, 0.2) is 5.16 Å². The first-order valence-corrected chi connectivity index (χ1v) is 8.07. The Hall–Kier alpha value is -1.61. The van der Waals surface area contributed by atoms with Crippen molar-refractivity contribution < 1.29 is 4.92 Å². The number of nitrogens with one attached hydrogen (secondary N) is 1. The number of nitrogens with zero attached hydrogens (tertiary/aromatic N) is 3. The summed E-state index contributed by atoms with van der Waals surface area (Å²) < 4.78 is 2.13. The molecule has 1 aromatic carbocycles. The van der Waals surface area contributed by atoms with Gasteiger partial charge in [-0.2, -0.15) is 0 Å². The average Bonchev–Trinajstić information content (AvgIpc) is 3.21. The second-order valence-corrected chi connectivity index (χ2v) is 6.44. The van der Waals surface area contributed by atoms with Gasteiger partial charge >= 0.3 is 5.69 Å². The standard InChI is InChI=1S/C12H11BrN4O3S/c13-10-7(2-1-3-9(10)17(19)20)6-21-12-15-14-11(18)16(12)8-4-5-8/h1-3,8H,4-6H2,(H,14,18). The molecule has 1 saturated carbocycles. The fourth-order valence-electron chi connectivity index (χ4n) is 2.01. The van der Waals surface area contributed by atoms with E-state index in [9.17, 15) is 14.9 Å². The predicted octanol–water partition coefficient (Wildman–Crippen LogP) is 2.87. The van der Waals surface area contributed by atoms with Crippen molar-refractivity contribution in [2.75, 3.05) is 0 Å². The van der Waals surface area contributed by atoms with E-state index in [2.05, 4.69) is 26.1 Å². The molecule has 1 aliphatic rings. The first-order valence-electron chi connectivity index (χ1n) is 6.29. The minimum Gasteiger partial charge on any atom is -0.267 e. The number of hydrogen-bond acceptors (Lipinski definition) is 5. The summed E-state index contributed by atoms with van der Waals surface area (Å²) in [4.78, 5) is 22.2. The molecule has 110 valence electrons. The summed E-state index contributed by atoms with van der Waals surface area (Å²) in [6.07, 6.45) is 1.99. The number of nitro benzene ring substituents is 1. The van der Waals surface area contributed by atoms with Crippen molar-refractivity contribution in [2.45, 2.75) is 29.8 Å². The molecule has 1 aromatic heterocycles. The highest BCUT2D eigenvalue weighted by Gasteiger charge is 2.28. The van der Waals surface area contributed by atoms with Crippen LogP contribution in [0.1, 0.15) is 24.4 Å². The third kappa shape index (κ3) is 2.88. The van der Waals surface area contributed by atoms with Gasteiger partial charge in [0, 0.05) is 17.9 Å². The quantitative estimate of drug-likeness (QED) is 0.496. The van der Waals surface area contributed by atoms with Crippen LogP contribution in [0.3, 0.4) is 0 Å². The molecule has 0 atom stereocenters. The number of halogens is 1. The first-order chi connectivity index (χ1) is 10.1. The molecule has 0 saturated heterocycles.